The first kappa shape index (κ1) is 25.7. The summed E-state index contributed by atoms with van der Waals surface area (Å²) >= 11 is 0. The van der Waals surface area contributed by atoms with E-state index in [0.717, 1.165) is 30.0 Å². The van der Waals surface area contributed by atoms with E-state index in [0.29, 0.717) is 37.1 Å². The first-order valence-electron chi connectivity index (χ1n) is 13.0. The normalized spacial score (nSPS) is 18.9. The smallest absolute Gasteiger partial charge is 0.415 e. The van der Waals surface area contributed by atoms with Crippen LogP contribution in [0.4, 0.5) is 20.6 Å². The molecule has 208 valence electrons. The van der Waals surface area contributed by atoms with Crippen LogP contribution >= 0.6 is 0 Å². The molecule has 40 heavy (non-hydrogen) atoms. The van der Waals surface area contributed by atoms with E-state index in [1.807, 2.05) is 17.0 Å². The number of hydrogen-bond acceptors (Lipinski definition) is 7. The van der Waals surface area contributed by atoms with Gasteiger partial charge >= 0.3 is 12.1 Å². The van der Waals surface area contributed by atoms with Gasteiger partial charge in [0, 0.05) is 31.0 Å². The standard InChI is InChI=1S/C28H27FN4O7/c1-39-25-22-18(24(34)19(27(36)37)12-32(22)16-4-5-16)11-20(29)23(25)31-8-6-14-2-3-17(10-15(14)7-9-31)33-13-21(26(30)35)40-28(33)38/h2-3,10-12,16,21H,4-9,13H2,1H3,(H2,30,35)(H,36,37). The molecule has 2 aromatic carbocycles. The van der Waals surface area contributed by atoms with Crippen LogP contribution in [0.1, 0.15) is 40.4 Å². The third-order valence-electron chi connectivity index (χ3n) is 7.82. The maximum absolute atomic E-state index is 15.8. The molecule has 1 atom stereocenters. The Bertz CT molecular complexity index is 1650. The van der Waals surface area contributed by atoms with Gasteiger partial charge in [0.25, 0.3) is 5.91 Å². The molecular weight excluding hydrogens is 523 g/mol. The number of carboxylic acids is 1. The van der Waals surface area contributed by atoms with Crippen LogP contribution in [0, 0.1) is 5.82 Å². The molecule has 0 spiro atoms. The number of carboxylic acid groups (broad SMARTS) is 1. The SMILES string of the molecule is COc1c(N2CCc3ccc(N4CC(C(N)=O)OC4=O)cc3CC2)c(F)cc2c(=O)c(C(=O)O)cn(C3CC3)c12. The Hall–Kier alpha value is -4.61. The minimum absolute atomic E-state index is 0.00617. The highest BCUT2D eigenvalue weighted by atomic mass is 19.1. The lowest BCUT2D eigenvalue weighted by Crippen LogP contribution is -2.32. The van der Waals surface area contributed by atoms with Crippen LogP contribution in [-0.2, 0) is 22.4 Å². The molecule has 1 saturated carbocycles. The number of anilines is 2. The second-order valence-electron chi connectivity index (χ2n) is 10.3. The van der Waals surface area contributed by atoms with E-state index in [9.17, 15) is 24.3 Å². The number of amides is 2. The maximum atomic E-state index is 15.8. The summed E-state index contributed by atoms with van der Waals surface area (Å²) in [6, 6.07) is 6.68. The van der Waals surface area contributed by atoms with E-state index < -0.39 is 40.9 Å². The van der Waals surface area contributed by atoms with Crippen molar-refractivity contribution in [1.82, 2.24) is 4.57 Å². The van der Waals surface area contributed by atoms with Crippen LogP contribution in [0.15, 0.2) is 35.3 Å². The zero-order chi connectivity index (χ0) is 28.3. The number of ether oxygens (including phenoxy) is 2. The van der Waals surface area contributed by atoms with Gasteiger partial charge in [-0.3, -0.25) is 14.5 Å². The lowest BCUT2D eigenvalue weighted by atomic mass is 10.0. The van der Waals surface area contributed by atoms with Gasteiger partial charge in [0.1, 0.15) is 11.3 Å². The second kappa shape index (κ2) is 9.54. The van der Waals surface area contributed by atoms with Crippen LogP contribution in [0.3, 0.4) is 0 Å². The predicted molar refractivity (Wildman–Crippen MR) is 143 cm³/mol. The first-order chi connectivity index (χ1) is 19.2. The van der Waals surface area contributed by atoms with Crippen LogP contribution in [0.5, 0.6) is 5.75 Å². The average Bonchev–Trinajstić information content (AvgIpc) is 3.72. The number of pyridine rings is 1. The Morgan fingerprint density at radius 2 is 1.85 bits per heavy atom. The van der Waals surface area contributed by atoms with Gasteiger partial charge in [0.2, 0.25) is 5.43 Å². The lowest BCUT2D eigenvalue weighted by Gasteiger charge is -2.27. The van der Waals surface area contributed by atoms with E-state index in [4.69, 9.17) is 15.2 Å². The van der Waals surface area contributed by atoms with E-state index in [1.54, 1.807) is 10.6 Å². The van der Waals surface area contributed by atoms with Crippen LogP contribution in [-0.4, -0.2) is 60.5 Å². The molecule has 1 unspecified atom stereocenters. The Kier molecular flexibility index (Phi) is 6.12. The van der Waals surface area contributed by atoms with Gasteiger partial charge < -0.3 is 29.8 Å². The summed E-state index contributed by atoms with van der Waals surface area (Å²) in [6.07, 6.45) is 2.43. The number of rotatable bonds is 6. The molecule has 1 aliphatic carbocycles. The molecule has 3 heterocycles. The number of hydrogen-bond donors (Lipinski definition) is 2. The number of nitrogens with two attached hydrogens (primary N) is 1. The number of primary amides is 1. The molecule has 2 fully saturated rings. The fourth-order valence-electron chi connectivity index (χ4n) is 5.65. The van der Waals surface area contributed by atoms with Gasteiger partial charge in [-0.2, -0.15) is 0 Å². The molecule has 3 aliphatic rings. The predicted octanol–water partition coefficient (Wildman–Crippen LogP) is 2.60. The summed E-state index contributed by atoms with van der Waals surface area (Å²) in [7, 11) is 1.41. The van der Waals surface area contributed by atoms with Gasteiger partial charge in [0.05, 0.1) is 24.6 Å². The minimum atomic E-state index is -1.36. The first-order valence-corrected chi connectivity index (χ1v) is 13.0. The molecule has 2 aliphatic heterocycles. The Labute approximate surface area is 227 Å². The molecule has 6 rings (SSSR count). The van der Waals surface area contributed by atoms with E-state index in [1.165, 1.54) is 18.2 Å². The molecule has 1 aromatic heterocycles. The number of nitrogens with zero attached hydrogens (tertiary/aromatic N) is 3. The van der Waals surface area contributed by atoms with Crippen LogP contribution < -0.4 is 25.7 Å². The monoisotopic (exact) mass is 550 g/mol. The highest BCUT2D eigenvalue weighted by Crippen LogP contribution is 2.44. The van der Waals surface area contributed by atoms with Gasteiger partial charge in [-0.1, -0.05) is 6.07 Å². The van der Waals surface area contributed by atoms with Gasteiger partial charge in [-0.05, 0) is 55.0 Å². The highest BCUT2D eigenvalue weighted by Gasteiger charge is 2.36. The van der Waals surface area contributed by atoms with E-state index in [-0.39, 0.29) is 29.4 Å². The number of carbonyl (C=O) groups is 3. The number of fused-ring (bicyclic) bond motifs is 2. The molecule has 11 nitrogen and oxygen atoms in total. The topological polar surface area (TPSA) is 144 Å². The third kappa shape index (κ3) is 4.19. The van der Waals surface area contributed by atoms with Crippen molar-refractivity contribution in [3.63, 3.8) is 0 Å². The highest BCUT2D eigenvalue weighted by molar-refractivity contribution is 5.97. The Morgan fingerprint density at radius 1 is 1.12 bits per heavy atom. The summed E-state index contributed by atoms with van der Waals surface area (Å²) in [4.78, 5) is 51.8. The Balaban J connectivity index is 1.36. The molecule has 12 heteroatoms. The summed E-state index contributed by atoms with van der Waals surface area (Å²) in [5.74, 6) is -2.55. The number of cyclic esters (lactones) is 1. The molecule has 0 radical (unpaired) electrons. The van der Waals surface area contributed by atoms with Gasteiger partial charge in [-0.25, -0.2) is 14.0 Å². The molecule has 2 amide bonds. The number of aromatic nitrogens is 1. The zero-order valence-corrected chi connectivity index (χ0v) is 21.7. The van der Waals surface area contributed by atoms with Crippen molar-refractivity contribution >= 4 is 40.2 Å². The van der Waals surface area contributed by atoms with Crippen molar-refractivity contribution in [3.8, 4) is 5.75 Å². The van der Waals surface area contributed by atoms with Crippen molar-refractivity contribution in [2.45, 2.75) is 37.8 Å². The summed E-state index contributed by atoms with van der Waals surface area (Å²) in [5, 5.41) is 9.54. The number of carbonyl (C=O) groups excluding carboxylic acids is 2. The fraction of sp³-hybridized carbons (Fsp3) is 0.357. The van der Waals surface area contributed by atoms with Gasteiger partial charge in [0.15, 0.2) is 17.7 Å². The van der Waals surface area contributed by atoms with Crippen molar-refractivity contribution < 1.29 is 33.4 Å². The van der Waals surface area contributed by atoms with Crippen LogP contribution in [0.2, 0.25) is 0 Å². The summed E-state index contributed by atoms with van der Waals surface area (Å²) < 4.78 is 28.3. The van der Waals surface area contributed by atoms with Crippen molar-refractivity contribution in [1.29, 1.82) is 0 Å². The second-order valence-corrected chi connectivity index (χ2v) is 10.3. The van der Waals surface area contributed by atoms with Crippen molar-refractivity contribution in [2.75, 3.05) is 36.5 Å². The molecular formula is C28H27FN4O7. The number of benzene rings is 2. The van der Waals surface area contributed by atoms with Crippen molar-refractivity contribution in [2.24, 2.45) is 5.73 Å². The van der Waals surface area contributed by atoms with E-state index >= 15 is 4.39 Å². The number of methoxy groups -OCH3 is 1. The van der Waals surface area contributed by atoms with E-state index in [2.05, 4.69) is 0 Å². The van der Waals surface area contributed by atoms with Crippen molar-refractivity contribution in [3.05, 3.63) is 63.2 Å². The fourth-order valence-corrected chi connectivity index (χ4v) is 5.65. The molecule has 3 aromatic rings. The molecule has 3 N–H and O–H groups in total. The summed E-state index contributed by atoms with van der Waals surface area (Å²) in [6.45, 7) is 0.914. The lowest BCUT2D eigenvalue weighted by molar-refractivity contribution is -0.124. The number of aromatic carboxylic acids is 1. The quantitative estimate of drug-likeness (QED) is 0.477. The Morgan fingerprint density at radius 3 is 2.48 bits per heavy atom. The minimum Gasteiger partial charge on any atom is -0.492 e. The maximum Gasteiger partial charge on any atom is 0.415 e. The number of halogens is 1. The largest absolute Gasteiger partial charge is 0.492 e. The molecule has 0 bridgehead atoms. The van der Waals surface area contributed by atoms with Gasteiger partial charge in [-0.15, -0.1) is 0 Å². The van der Waals surface area contributed by atoms with Crippen LogP contribution in [0.25, 0.3) is 10.9 Å². The third-order valence-corrected chi connectivity index (χ3v) is 7.82. The zero-order valence-electron chi connectivity index (χ0n) is 21.7. The molecule has 1 saturated heterocycles. The average molecular weight is 551 g/mol. The summed E-state index contributed by atoms with van der Waals surface area (Å²) in [5.41, 5.74) is 7.33.